The summed E-state index contributed by atoms with van der Waals surface area (Å²) in [6, 6.07) is 12.8. The second kappa shape index (κ2) is 7.58. The molecule has 8 nitrogen and oxygen atoms in total. The number of ether oxygens (including phenoxy) is 3. The number of hydrogen-bond acceptors (Lipinski definition) is 7. The highest BCUT2D eigenvalue weighted by atomic mass is 32.2. The predicted molar refractivity (Wildman–Crippen MR) is 120 cm³/mol. The fourth-order valence-corrected chi connectivity index (χ4v) is 6.11. The average molecular weight is 469 g/mol. The number of sulfonamides is 1. The molecule has 0 bridgehead atoms. The first-order valence-corrected chi connectivity index (χ1v) is 12.5. The summed E-state index contributed by atoms with van der Waals surface area (Å²) in [7, 11) is -2.47. The zero-order valence-electron chi connectivity index (χ0n) is 18.2. The highest BCUT2D eigenvalue weighted by Gasteiger charge is 2.50. The largest absolute Gasteiger partial charge is 0.495 e. The van der Waals surface area contributed by atoms with Gasteiger partial charge in [0.05, 0.1) is 26.9 Å². The van der Waals surface area contributed by atoms with E-state index >= 15 is 0 Å². The lowest BCUT2D eigenvalue weighted by atomic mass is 9.78. The summed E-state index contributed by atoms with van der Waals surface area (Å²) in [6.45, 7) is 1.68. The Kier molecular flexibility index (Phi) is 4.76. The normalized spacial score (nSPS) is 20.7. The highest BCUT2D eigenvalue weighted by molar-refractivity contribution is 7.92. The van der Waals surface area contributed by atoms with Crippen molar-refractivity contribution in [1.82, 2.24) is 5.16 Å². The number of nitrogens with one attached hydrogen (secondary N) is 1. The van der Waals surface area contributed by atoms with E-state index < -0.39 is 10.0 Å². The fourth-order valence-electron chi connectivity index (χ4n) is 4.91. The van der Waals surface area contributed by atoms with Crippen LogP contribution < -0.4 is 9.46 Å². The molecule has 2 aromatic carbocycles. The number of methoxy groups -OCH3 is 1. The molecule has 1 spiro atoms. The fraction of sp³-hybridized carbons (Fsp3) is 0.375. The number of para-hydroxylation sites is 1. The van der Waals surface area contributed by atoms with Gasteiger partial charge in [0, 0.05) is 16.5 Å². The first kappa shape index (κ1) is 20.7. The molecule has 3 aromatic rings. The quantitative estimate of drug-likeness (QED) is 0.607. The van der Waals surface area contributed by atoms with Crippen molar-refractivity contribution in [1.29, 1.82) is 0 Å². The molecule has 2 fully saturated rings. The van der Waals surface area contributed by atoms with Crippen LogP contribution >= 0.6 is 0 Å². The van der Waals surface area contributed by atoms with Crippen molar-refractivity contribution in [2.75, 3.05) is 31.7 Å². The molecule has 1 saturated heterocycles. The number of benzene rings is 2. The van der Waals surface area contributed by atoms with E-state index in [0.29, 0.717) is 32.0 Å². The molecule has 1 unspecified atom stereocenters. The third kappa shape index (κ3) is 3.42. The minimum atomic E-state index is -3.91. The van der Waals surface area contributed by atoms with Crippen LogP contribution in [0.4, 0.5) is 5.82 Å². The van der Waals surface area contributed by atoms with Crippen LogP contribution in [0.1, 0.15) is 35.6 Å². The van der Waals surface area contributed by atoms with Gasteiger partial charge in [0.25, 0.3) is 10.0 Å². The second-order valence-electron chi connectivity index (χ2n) is 8.79. The Morgan fingerprint density at radius 2 is 2.00 bits per heavy atom. The van der Waals surface area contributed by atoms with Crippen molar-refractivity contribution in [2.45, 2.75) is 35.7 Å². The van der Waals surface area contributed by atoms with E-state index in [0.717, 1.165) is 29.5 Å². The first-order chi connectivity index (χ1) is 16.0. The Balaban J connectivity index is 1.39. The van der Waals surface area contributed by atoms with Crippen molar-refractivity contribution >= 4 is 15.8 Å². The molecule has 0 amide bonds. The first-order valence-electron chi connectivity index (χ1n) is 11.0. The maximum Gasteiger partial charge on any atom is 0.266 e. The molecule has 2 heterocycles. The average Bonchev–Trinajstić information content (AvgIpc) is 3.52. The van der Waals surface area contributed by atoms with Gasteiger partial charge in [-0.2, -0.15) is 0 Å². The second-order valence-corrected chi connectivity index (χ2v) is 10.4. The lowest BCUT2D eigenvalue weighted by molar-refractivity contribution is -0.0901. The van der Waals surface area contributed by atoms with Crippen molar-refractivity contribution in [3.63, 3.8) is 0 Å². The van der Waals surface area contributed by atoms with Crippen molar-refractivity contribution in [3.8, 4) is 17.1 Å². The monoisotopic (exact) mass is 468 g/mol. The lowest BCUT2D eigenvalue weighted by Gasteiger charge is -2.28. The van der Waals surface area contributed by atoms with Crippen molar-refractivity contribution in [2.24, 2.45) is 0 Å². The summed E-state index contributed by atoms with van der Waals surface area (Å²) < 4.78 is 51.4. The van der Waals surface area contributed by atoms with Gasteiger partial charge in [0.15, 0.2) is 11.6 Å². The van der Waals surface area contributed by atoms with Gasteiger partial charge in [-0.15, -0.1) is 0 Å². The number of rotatable bonds is 5. The van der Waals surface area contributed by atoms with Gasteiger partial charge in [0.1, 0.15) is 16.7 Å². The van der Waals surface area contributed by atoms with Gasteiger partial charge in [0.2, 0.25) is 0 Å². The molecule has 172 valence electrons. The highest BCUT2D eigenvalue weighted by Crippen LogP contribution is 2.58. The molecule has 1 aromatic heterocycles. The van der Waals surface area contributed by atoms with E-state index in [1.54, 1.807) is 18.2 Å². The van der Waals surface area contributed by atoms with E-state index in [1.807, 2.05) is 0 Å². The molecule has 1 aliphatic heterocycles. The maximum atomic E-state index is 13.1. The summed E-state index contributed by atoms with van der Waals surface area (Å²) in [4.78, 5) is 0.0540. The standard InChI is InChI=1S/C24H24N2O6S/c1-29-19-4-2-3-5-21(19)33(27,28)26-23-17-13-24(8-9-24)18-7-6-15(20-14-30-10-11-31-20)12-16(18)22(17)32-25-23/h2-7,12,20H,8-11,13-14H2,1H3,(H,25,26). The molecule has 2 aliphatic carbocycles. The van der Waals surface area contributed by atoms with E-state index in [-0.39, 0.29) is 28.0 Å². The van der Waals surface area contributed by atoms with Crippen LogP contribution in [0.3, 0.4) is 0 Å². The third-order valence-corrected chi connectivity index (χ3v) is 8.17. The number of nitrogens with zero attached hydrogens (tertiary/aromatic N) is 1. The Morgan fingerprint density at radius 1 is 1.15 bits per heavy atom. The molecule has 1 atom stereocenters. The van der Waals surface area contributed by atoms with Crippen LogP contribution in [-0.4, -0.2) is 40.5 Å². The molecular weight excluding hydrogens is 444 g/mol. The minimum absolute atomic E-state index is 0.000960. The van der Waals surface area contributed by atoms with Gasteiger partial charge in [-0.1, -0.05) is 29.4 Å². The van der Waals surface area contributed by atoms with Gasteiger partial charge in [-0.3, -0.25) is 4.72 Å². The minimum Gasteiger partial charge on any atom is -0.495 e. The van der Waals surface area contributed by atoms with Crippen LogP contribution in [0.25, 0.3) is 11.3 Å². The lowest BCUT2D eigenvalue weighted by Crippen LogP contribution is -2.23. The number of hydrogen-bond donors (Lipinski definition) is 1. The summed E-state index contributed by atoms with van der Waals surface area (Å²) in [5.41, 5.74) is 3.99. The Hall–Kier alpha value is -2.88. The van der Waals surface area contributed by atoms with Crippen LogP contribution in [-0.2, 0) is 31.3 Å². The van der Waals surface area contributed by atoms with Crippen LogP contribution in [0.2, 0.25) is 0 Å². The van der Waals surface area contributed by atoms with Crippen LogP contribution in [0.5, 0.6) is 5.75 Å². The number of anilines is 1. The maximum absolute atomic E-state index is 13.1. The predicted octanol–water partition coefficient (Wildman–Crippen LogP) is 3.83. The van der Waals surface area contributed by atoms with Gasteiger partial charge in [-0.05, 0) is 48.6 Å². The van der Waals surface area contributed by atoms with E-state index in [2.05, 4.69) is 28.1 Å². The van der Waals surface area contributed by atoms with Gasteiger partial charge < -0.3 is 18.7 Å². The zero-order valence-corrected chi connectivity index (χ0v) is 19.0. The topological polar surface area (TPSA) is 99.9 Å². The molecule has 1 saturated carbocycles. The number of fused-ring (bicyclic) bond motifs is 4. The van der Waals surface area contributed by atoms with Gasteiger partial charge >= 0.3 is 0 Å². The Labute approximate surface area is 191 Å². The molecule has 1 N–H and O–H groups in total. The van der Waals surface area contributed by atoms with E-state index in [1.165, 1.54) is 18.7 Å². The van der Waals surface area contributed by atoms with Crippen molar-refractivity contribution in [3.05, 3.63) is 59.2 Å². The number of aromatic nitrogens is 1. The molecule has 0 radical (unpaired) electrons. The summed E-state index contributed by atoms with van der Waals surface area (Å²) in [5, 5.41) is 4.14. The Morgan fingerprint density at radius 3 is 2.76 bits per heavy atom. The molecule has 9 heteroatoms. The third-order valence-electron chi connectivity index (χ3n) is 6.79. The van der Waals surface area contributed by atoms with Gasteiger partial charge in [-0.25, -0.2) is 8.42 Å². The van der Waals surface area contributed by atoms with E-state index in [4.69, 9.17) is 18.7 Å². The molecular formula is C24H24N2O6S. The van der Waals surface area contributed by atoms with Crippen LogP contribution in [0.15, 0.2) is 51.9 Å². The molecule has 6 rings (SSSR count). The summed E-state index contributed by atoms with van der Waals surface area (Å²) in [6.07, 6.45) is 2.65. The van der Waals surface area contributed by atoms with Crippen molar-refractivity contribution < 1.29 is 27.2 Å². The summed E-state index contributed by atoms with van der Waals surface area (Å²) in [5.74, 6) is 1.11. The summed E-state index contributed by atoms with van der Waals surface area (Å²) >= 11 is 0. The molecule has 3 aliphatic rings. The Bertz CT molecular complexity index is 1320. The SMILES string of the molecule is COc1ccccc1S(=O)(=O)Nc1noc2c1CC1(CC1)c1ccc(C3COCCO3)cc1-2. The smallest absolute Gasteiger partial charge is 0.266 e. The van der Waals surface area contributed by atoms with E-state index in [9.17, 15) is 8.42 Å². The zero-order chi connectivity index (χ0) is 22.6. The molecule has 33 heavy (non-hydrogen) atoms. The van der Waals surface area contributed by atoms with Crippen LogP contribution in [0, 0.1) is 0 Å².